The van der Waals surface area contributed by atoms with Gasteiger partial charge in [0, 0.05) is 54.9 Å². The van der Waals surface area contributed by atoms with Crippen molar-refractivity contribution in [3.05, 3.63) is 122 Å². The van der Waals surface area contributed by atoms with Crippen LogP contribution in [-0.4, -0.2) is 42.2 Å². The number of anilines is 1. The van der Waals surface area contributed by atoms with Crippen LogP contribution in [0.15, 0.2) is 116 Å². The smallest absolute Gasteiger partial charge is 0.199 e. The predicted octanol–water partition coefficient (Wildman–Crippen LogP) is 5.33. The molecule has 0 amide bonds. The van der Waals surface area contributed by atoms with Crippen molar-refractivity contribution in [3.63, 3.8) is 0 Å². The summed E-state index contributed by atoms with van der Waals surface area (Å²) in [6.07, 6.45) is 18.8. The number of benzene rings is 1. The molecule has 2 aliphatic carbocycles. The van der Waals surface area contributed by atoms with Crippen molar-refractivity contribution in [1.29, 1.82) is 0 Å². The summed E-state index contributed by atoms with van der Waals surface area (Å²) in [5.41, 5.74) is 3.98. The van der Waals surface area contributed by atoms with Crippen LogP contribution in [0.3, 0.4) is 0 Å². The zero-order chi connectivity index (χ0) is 25.9. The molecule has 1 aromatic carbocycles. The summed E-state index contributed by atoms with van der Waals surface area (Å²) >= 11 is 0. The molecule has 0 spiro atoms. The predicted molar refractivity (Wildman–Crippen MR) is 150 cm³/mol. The molecule has 4 nitrogen and oxygen atoms in total. The summed E-state index contributed by atoms with van der Waals surface area (Å²) in [5.74, 6) is -0.378. The molecule has 0 saturated heterocycles. The van der Waals surface area contributed by atoms with E-state index in [0.29, 0.717) is 11.1 Å². The fourth-order valence-electron chi connectivity index (χ4n) is 4.32. The lowest BCUT2D eigenvalue weighted by Gasteiger charge is -2.32. The number of nitrogens with zero attached hydrogens (tertiary/aromatic N) is 2. The number of carbonyl (C=O) groups is 1. The lowest BCUT2D eigenvalue weighted by Crippen LogP contribution is -2.30. The summed E-state index contributed by atoms with van der Waals surface area (Å²) in [5, 5.41) is 13.0. The first-order valence-electron chi connectivity index (χ1n) is 12.5. The number of rotatable bonds is 14. The van der Waals surface area contributed by atoms with Crippen LogP contribution in [0.4, 0.5) is 5.69 Å². The molecule has 0 radical (unpaired) electrons. The maximum Gasteiger partial charge on any atom is 0.199 e. The van der Waals surface area contributed by atoms with Crippen molar-refractivity contribution in [2.75, 3.05) is 31.1 Å². The fraction of sp³-hybridized carbons (Fsp3) is 0.250. The molecule has 2 aliphatic rings. The molecule has 0 N–H and O–H groups in total. The van der Waals surface area contributed by atoms with Gasteiger partial charge in [0.25, 0.3) is 0 Å². The average molecular weight is 481 g/mol. The highest BCUT2D eigenvalue weighted by molar-refractivity contribution is 6.39. The SMILES string of the molecule is C=CCCN(CCC=C)c1ccc(C2=C([O-])C(=C3C=CC(=[N+](CCC=C)CCC=C)C=C3)C2=O)cc1. The monoisotopic (exact) mass is 480 g/mol. The van der Waals surface area contributed by atoms with Crippen LogP contribution in [0.25, 0.3) is 5.57 Å². The second kappa shape index (κ2) is 13.2. The molecule has 0 unspecified atom stereocenters. The van der Waals surface area contributed by atoms with E-state index < -0.39 is 0 Å². The molecule has 0 aliphatic heterocycles. The van der Waals surface area contributed by atoms with E-state index in [9.17, 15) is 9.90 Å². The number of ketones is 1. The number of Topliss-reactive ketones (excluding diaryl/α,β-unsaturated/α-hetero) is 1. The summed E-state index contributed by atoms with van der Waals surface area (Å²) in [6, 6.07) is 7.68. The lowest BCUT2D eigenvalue weighted by atomic mass is 9.80. The lowest BCUT2D eigenvalue weighted by molar-refractivity contribution is -0.524. The number of allylic oxidation sites excluding steroid dienone is 7. The molecule has 0 saturated carbocycles. The van der Waals surface area contributed by atoms with Gasteiger partial charge >= 0.3 is 0 Å². The second-order valence-electron chi connectivity index (χ2n) is 8.79. The van der Waals surface area contributed by atoms with Gasteiger partial charge in [0.2, 0.25) is 0 Å². The maximum absolute atomic E-state index is 13.0. The van der Waals surface area contributed by atoms with Gasteiger partial charge in [0.1, 0.15) is 13.1 Å². The highest BCUT2D eigenvalue weighted by atomic mass is 16.3. The summed E-state index contributed by atoms with van der Waals surface area (Å²) in [6.45, 7) is 18.7. The van der Waals surface area contributed by atoms with Crippen LogP contribution in [0.1, 0.15) is 31.2 Å². The molecule has 3 rings (SSSR count). The maximum atomic E-state index is 13.0. The van der Waals surface area contributed by atoms with Gasteiger partial charge in [-0.25, -0.2) is 4.58 Å². The number of hydrogen-bond acceptors (Lipinski definition) is 3. The Morgan fingerprint density at radius 3 is 1.75 bits per heavy atom. The van der Waals surface area contributed by atoms with Gasteiger partial charge in [-0.2, -0.15) is 0 Å². The Labute approximate surface area is 215 Å². The molecule has 0 atom stereocenters. The third-order valence-electron chi connectivity index (χ3n) is 6.36. The van der Waals surface area contributed by atoms with E-state index in [1.165, 1.54) is 0 Å². The van der Waals surface area contributed by atoms with E-state index in [0.717, 1.165) is 63.3 Å². The Morgan fingerprint density at radius 1 is 0.750 bits per heavy atom. The van der Waals surface area contributed by atoms with Crippen molar-refractivity contribution < 1.29 is 14.5 Å². The van der Waals surface area contributed by atoms with Gasteiger partial charge in [-0.15, -0.1) is 26.3 Å². The first-order chi connectivity index (χ1) is 17.5. The Hall–Kier alpha value is -3.92. The summed E-state index contributed by atoms with van der Waals surface area (Å²) in [7, 11) is 0. The van der Waals surface area contributed by atoms with Gasteiger partial charge < -0.3 is 10.0 Å². The molecule has 0 heterocycles. The Morgan fingerprint density at radius 2 is 1.28 bits per heavy atom. The van der Waals surface area contributed by atoms with Crippen LogP contribution < -0.4 is 10.0 Å². The van der Waals surface area contributed by atoms with Crippen molar-refractivity contribution in [2.45, 2.75) is 25.7 Å². The van der Waals surface area contributed by atoms with Crippen molar-refractivity contribution >= 4 is 22.8 Å². The van der Waals surface area contributed by atoms with E-state index in [2.05, 4.69) is 35.8 Å². The van der Waals surface area contributed by atoms with E-state index in [1.54, 1.807) is 0 Å². The van der Waals surface area contributed by atoms with Crippen LogP contribution in [0.2, 0.25) is 0 Å². The highest BCUT2D eigenvalue weighted by Crippen LogP contribution is 2.37. The minimum absolute atomic E-state index is 0.189. The number of carbonyl (C=O) groups excluding carboxylic acids is 1. The molecular weight excluding hydrogens is 444 g/mol. The molecular formula is C32H36N2O2. The first-order valence-corrected chi connectivity index (χ1v) is 12.5. The first kappa shape index (κ1) is 26.7. The zero-order valence-corrected chi connectivity index (χ0v) is 21.1. The summed E-state index contributed by atoms with van der Waals surface area (Å²) < 4.78 is 2.26. The van der Waals surface area contributed by atoms with Crippen LogP contribution >= 0.6 is 0 Å². The molecule has 0 aromatic heterocycles. The molecule has 0 bridgehead atoms. The van der Waals surface area contributed by atoms with Gasteiger partial charge in [0.05, 0.1) is 0 Å². The van der Waals surface area contributed by atoms with Gasteiger partial charge in [-0.05, 0) is 48.3 Å². The Bertz CT molecular complexity index is 1130. The van der Waals surface area contributed by atoms with Crippen molar-refractivity contribution in [3.8, 4) is 0 Å². The van der Waals surface area contributed by atoms with E-state index in [4.69, 9.17) is 0 Å². The van der Waals surface area contributed by atoms with E-state index >= 15 is 0 Å². The standard InChI is InChI=1S/C32H36N2O2/c1-5-9-21-33(22-10-6-2)27-17-13-25(14-18-27)29-31(35)30(32(29)36)26-15-19-28(20-16-26)34(23-11-7-3)24-12-8-4/h5-8,13-20H,1-4,9-12,21-24H2. The fourth-order valence-corrected chi connectivity index (χ4v) is 4.32. The quantitative estimate of drug-likeness (QED) is 0.205. The van der Waals surface area contributed by atoms with Crippen LogP contribution in [0.5, 0.6) is 0 Å². The zero-order valence-electron chi connectivity index (χ0n) is 21.1. The average Bonchev–Trinajstić information content (AvgIpc) is 2.90. The van der Waals surface area contributed by atoms with Gasteiger partial charge in [0.15, 0.2) is 11.5 Å². The van der Waals surface area contributed by atoms with Crippen LogP contribution in [0, 0.1) is 0 Å². The minimum atomic E-state index is -0.189. The number of hydrogen-bond donors (Lipinski definition) is 0. The third kappa shape index (κ3) is 6.19. The minimum Gasteiger partial charge on any atom is -0.871 e. The molecule has 186 valence electrons. The summed E-state index contributed by atoms with van der Waals surface area (Å²) in [4.78, 5) is 15.3. The van der Waals surface area contributed by atoms with Crippen LogP contribution in [-0.2, 0) is 4.79 Å². The second-order valence-corrected chi connectivity index (χ2v) is 8.79. The normalized spacial score (nSPS) is 14.6. The Kier molecular flexibility index (Phi) is 9.82. The van der Waals surface area contributed by atoms with E-state index in [-0.39, 0.29) is 22.7 Å². The topological polar surface area (TPSA) is 46.4 Å². The van der Waals surface area contributed by atoms with Gasteiger partial charge in [-0.3, -0.25) is 4.79 Å². The molecule has 1 aromatic rings. The largest absolute Gasteiger partial charge is 0.871 e. The Balaban J connectivity index is 1.82. The molecule has 36 heavy (non-hydrogen) atoms. The molecule has 4 heteroatoms. The van der Waals surface area contributed by atoms with Crippen molar-refractivity contribution in [1.82, 2.24) is 0 Å². The highest BCUT2D eigenvalue weighted by Gasteiger charge is 2.30. The van der Waals surface area contributed by atoms with Crippen molar-refractivity contribution in [2.24, 2.45) is 0 Å². The molecule has 0 fully saturated rings. The van der Waals surface area contributed by atoms with E-state index in [1.807, 2.05) is 72.9 Å². The van der Waals surface area contributed by atoms with Gasteiger partial charge in [-0.1, -0.05) is 42.2 Å². The third-order valence-corrected chi connectivity index (χ3v) is 6.36.